The molecule has 2 aromatic carbocycles. The highest BCUT2D eigenvalue weighted by Crippen LogP contribution is 2.43. The van der Waals surface area contributed by atoms with Crippen molar-refractivity contribution in [3.63, 3.8) is 0 Å². The van der Waals surface area contributed by atoms with Gasteiger partial charge in [-0.2, -0.15) is 13.2 Å². The smallest absolute Gasteiger partial charge is 0.362 e. The SMILES string of the molecule is CC1=C(C(=O)Nc2cccc(C(F)(F)F)c2)[C@H](c2cccc(Br)c2)C2=C(CCCC2=O)N1. The maximum Gasteiger partial charge on any atom is 0.416 e. The van der Waals surface area contributed by atoms with E-state index >= 15 is 0 Å². The Morgan fingerprint density at radius 2 is 1.88 bits per heavy atom. The Hall–Kier alpha value is -2.87. The number of amides is 1. The third-order valence-corrected chi connectivity index (χ3v) is 6.14. The fourth-order valence-corrected chi connectivity index (χ4v) is 4.69. The maximum absolute atomic E-state index is 13.4. The molecule has 32 heavy (non-hydrogen) atoms. The van der Waals surface area contributed by atoms with Gasteiger partial charge in [0.25, 0.3) is 5.91 Å². The average molecular weight is 505 g/mol. The molecular weight excluding hydrogens is 485 g/mol. The van der Waals surface area contributed by atoms with Gasteiger partial charge in [-0.25, -0.2) is 0 Å². The molecule has 1 aliphatic heterocycles. The van der Waals surface area contributed by atoms with E-state index in [1.165, 1.54) is 12.1 Å². The van der Waals surface area contributed by atoms with Crippen molar-refractivity contribution in [2.75, 3.05) is 5.32 Å². The maximum atomic E-state index is 13.4. The molecule has 1 atom stereocenters. The number of benzene rings is 2. The Morgan fingerprint density at radius 1 is 1.12 bits per heavy atom. The largest absolute Gasteiger partial charge is 0.416 e. The zero-order valence-corrected chi connectivity index (χ0v) is 18.7. The van der Waals surface area contributed by atoms with Crippen LogP contribution in [0.1, 0.15) is 43.2 Å². The number of halogens is 4. The second-order valence-corrected chi connectivity index (χ2v) is 8.77. The first kappa shape index (κ1) is 22.3. The van der Waals surface area contributed by atoms with E-state index < -0.39 is 23.6 Å². The van der Waals surface area contributed by atoms with Crippen LogP contribution in [0.2, 0.25) is 0 Å². The monoisotopic (exact) mass is 504 g/mol. The van der Waals surface area contributed by atoms with Crippen LogP contribution in [-0.2, 0) is 15.8 Å². The fraction of sp³-hybridized carbons (Fsp3) is 0.250. The molecule has 8 heteroatoms. The molecule has 2 aromatic rings. The predicted octanol–water partition coefficient (Wildman–Crippen LogP) is 6.07. The summed E-state index contributed by atoms with van der Waals surface area (Å²) in [6, 6.07) is 11.9. The Bertz CT molecular complexity index is 1170. The van der Waals surface area contributed by atoms with Gasteiger partial charge in [0.15, 0.2) is 5.78 Å². The molecule has 1 aliphatic carbocycles. The summed E-state index contributed by atoms with van der Waals surface area (Å²) in [5.74, 6) is -1.19. The number of carbonyl (C=O) groups is 2. The quantitative estimate of drug-likeness (QED) is 0.532. The van der Waals surface area contributed by atoms with Crippen molar-refractivity contribution < 1.29 is 22.8 Å². The lowest BCUT2D eigenvalue weighted by Gasteiger charge is -2.34. The predicted molar refractivity (Wildman–Crippen MR) is 119 cm³/mol. The Balaban J connectivity index is 1.76. The van der Waals surface area contributed by atoms with Gasteiger partial charge in [-0.3, -0.25) is 9.59 Å². The number of alkyl halides is 3. The van der Waals surface area contributed by atoms with E-state index in [0.717, 1.165) is 34.3 Å². The van der Waals surface area contributed by atoms with E-state index in [-0.39, 0.29) is 11.5 Å². The van der Waals surface area contributed by atoms with Crippen LogP contribution in [0, 0.1) is 0 Å². The fourth-order valence-electron chi connectivity index (χ4n) is 4.28. The second-order valence-electron chi connectivity index (χ2n) is 7.85. The van der Waals surface area contributed by atoms with Gasteiger partial charge in [-0.1, -0.05) is 34.1 Å². The number of dihydropyridines is 1. The van der Waals surface area contributed by atoms with Crippen molar-refractivity contribution in [3.8, 4) is 0 Å². The molecule has 2 aliphatic rings. The Kier molecular flexibility index (Phi) is 5.99. The number of carbonyl (C=O) groups excluding carboxylic acids is 2. The minimum Gasteiger partial charge on any atom is -0.362 e. The summed E-state index contributed by atoms with van der Waals surface area (Å²) in [5.41, 5.74) is 2.19. The highest BCUT2D eigenvalue weighted by molar-refractivity contribution is 9.10. The molecule has 0 fully saturated rings. The van der Waals surface area contributed by atoms with Gasteiger partial charge in [-0.05, 0) is 55.7 Å². The van der Waals surface area contributed by atoms with Crippen LogP contribution in [-0.4, -0.2) is 11.7 Å². The molecule has 1 heterocycles. The first-order chi connectivity index (χ1) is 15.1. The molecule has 0 bridgehead atoms. The highest BCUT2D eigenvalue weighted by Gasteiger charge is 2.38. The number of rotatable bonds is 3. The molecule has 2 N–H and O–H groups in total. The van der Waals surface area contributed by atoms with E-state index in [0.29, 0.717) is 29.7 Å². The zero-order chi connectivity index (χ0) is 23.0. The molecule has 0 spiro atoms. The van der Waals surface area contributed by atoms with Gasteiger partial charge in [-0.15, -0.1) is 0 Å². The Morgan fingerprint density at radius 3 is 2.59 bits per heavy atom. The number of Topliss-reactive ketones (excluding diaryl/α,β-unsaturated/α-hetero) is 1. The zero-order valence-electron chi connectivity index (χ0n) is 17.1. The summed E-state index contributed by atoms with van der Waals surface area (Å²) >= 11 is 3.44. The number of hydrogen-bond acceptors (Lipinski definition) is 3. The third kappa shape index (κ3) is 4.37. The van der Waals surface area contributed by atoms with Gasteiger partial charge >= 0.3 is 6.18 Å². The summed E-state index contributed by atoms with van der Waals surface area (Å²) in [5, 5.41) is 5.80. The minimum atomic E-state index is -4.52. The molecule has 4 nitrogen and oxygen atoms in total. The van der Waals surface area contributed by atoms with Crippen LogP contribution in [0.3, 0.4) is 0 Å². The molecular formula is C24H20BrF3N2O2. The van der Waals surface area contributed by atoms with Crippen molar-refractivity contribution in [1.29, 1.82) is 0 Å². The van der Waals surface area contributed by atoms with Gasteiger partial charge in [0.2, 0.25) is 0 Å². The summed E-state index contributed by atoms with van der Waals surface area (Å²) in [7, 11) is 0. The van der Waals surface area contributed by atoms with Crippen molar-refractivity contribution in [3.05, 3.63) is 86.7 Å². The van der Waals surface area contributed by atoms with E-state index in [1.54, 1.807) is 6.92 Å². The van der Waals surface area contributed by atoms with E-state index in [2.05, 4.69) is 26.6 Å². The van der Waals surface area contributed by atoms with Gasteiger partial charge in [0.05, 0.1) is 5.56 Å². The van der Waals surface area contributed by atoms with Crippen molar-refractivity contribution >= 4 is 33.3 Å². The normalized spacial score (nSPS) is 18.9. The lowest BCUT2D eigenvalue weighted by Crippen LogP contribution is -2.35. The summed E-state index contributed by atoms with van der Waals surface area (Å²) in [6.07, 6.45) is -2.69. The van der Waals surface area contributed by atoms with Crippen LogP contribution >= 0.6 is 15.9 Å². The molecule has 0 saturated carbocycles. The number of ketones is 1. The minimum absolute atomic E-state index is 0.0272. The number of hydrogen-bond donors (Lipinski definition) is 2. The van der Waals surface area contributed by atoms with Gasteiger partial charge in [0.1, 0.15) is 0 Å². The van der Waals surface area contributed by atoms with Crippen LogP contribution in [0.5, 0.6) is 0 Å². The first-order valence-electron chi connectivity index (χ1n) is 10.1. The average Bonchev–Trinajstić information content (AvgIpc) is 2.72. The lowest BCUT2D eigenvalue weighted by molar-refractivity contribution is -0.137. The molecule has 0 saturated heterocycles. The van der Waals surface area contributed by atoms with E-state index in [9.17, 15) is 22.8 Å². The molecule has 0 aromatic heterocycles. The van der Waals surface area contributed by atoms with Gasteiger partial charge in [0, 0.05) is 45.0 Å². The number of nitrogens with one attached hydrogen (secondary N) is 2. The van der Waals surface area contributed by atoms with Crippen LogP contribution in [0.4, 0.5) is 18.9 Å². The van der Waals surface area contributed by atoms with Crippen LogP contribution in [0.15, 0.2) is 75.5 Å². The topological polar surface area (TPSA) is 58.2 Å². The highest BCUT2D eigenvalue weighted by atomic mass is 79.9. The second kappa shape index (κ2) is 8.58. The van der Waals surface area contributed by atoms with Crippen LogP contribution in [0.25, 0.3) is 0 Å². The van der Waals surface area contributed by atoms with Crippen molar-refractivity contribution in [2.24, 2.45) is 0 Å². The third-order valence-electron chi connectivity index (χ3n) is 5.65. The van der Waals surface area contributed by atoms with Crippen molar-refractivity contribution in [1.82, 2.24) is 5.32 Å². The van der Waals surface area contributed by atoms with Crippen molar-refractivity contribution in [2.45, 2.75) is 38.3 Å². The molecule has 166 valence electrons. The molecule has 0 radical (unpaired) electrons. The van der Waals surface area contributed by atoms with Gasteiger partial charge < -0.3 is 10.6 Å². The molecule has 0 unspecified atom stereocenters. The molecule has 4 rings (SSSR count). The molecule has 1 amide bonds. The van der Waals surface area contributed by atoms with E-state index in [4.69, 9.17) is 0 Å². The summed E-state index contributed by atoms with van der Waals surface area (Å²) in [6.45, 7) is 1.74. The standard InChI is InChI=1S/C24H20BrF3N2O2/c1-13-20(23(32)30-17-8-3-6-15(12-17)24(26,27)28)21(14-5-2-7-16(25)11-14)22-18(29-13)9-4-10-19(22)31/h2-3,5-8,11-12,21,29H,4,9-10H2,1H3,(H,30,32)/t21-/m0/s1. The summed E-state index contributed by atoms with van der Waals surface area (Å²) < 4.78 is 40.1. The van der Waals surface area contributed by atoms with E-state index in [1.807, 2.05) is 24.3 Å². The Labute approximate surface area is 191 Å². The van der Waals surface area contributed by atoms with Crippen LogP contribution < -0.4 is 10.6 Å². The number of allylic oxidation sites excluding steroid dienone is 3. The first-order valence-corrected chi connectivity index (χ1v) is 10.9. The lowest BCUT2D eigenvalue weighted by atomic mass is 9.75. The summed E-state index contributed by atoms with van der Waals surface area (Å²) in [4.78, 5) is 26.2. The number of anilines is 1.